The maximum atomic E-state index is 11.8. The first-order valence-corrected chi connectivity index (χ1v) is 7.31. The molecule has 0 unspecified atom stereocenters. The fourth-order valence-corrected chi connectivity index (χ4v) is 2.22. The molecule has 118 valence electrons. The highest BCUT2D eigenvalue weighted by atomic mass is 79.9. The number of carbonyl (C=O) groups excluding carboxylic acids is 1. The number of halogens is 2. The number of benzene rings is 2. The van der Waals surface area contributed by atoms with E-state index in [1.54, 1.807) is 12.1 Å². The van der Waals surface area contributed by atoms with E-state index in [2.05, 4.69) is 26.5 Å². The molecule has 23 heavy (non-hydrogen) atoms. The minimum absolute atomic E-state index is 0.0856. The number of phenolic OH excluding ortho intramolecular Hbond substituents is 1. The van der Waals surface area contributed by atoms with Crippen LogP contribution in [0.15, 0.2) is 46.0 Å². The van der Waals surface area contributed by atoms with E-state index in [0.29, 0.717) is 10.6 Å². The highest BCUT2D eigenvalue weighted by Gasteiger charge is 2.13. The summed E-state index contributed by atoms with van der Waals surface area (Å²) in [5.41, 5.74) is 2.46. The Hall–Kier alpha value is -2.45. The Morgan fingerprint density at radius 2 is 2.00 bits per heavy atom. The number of rotatable bonds is 4. The normalized spacial score (nSPS) is 10.7. The van der Waals surface area contributed by atoms with Gasteiger partial charge in [-0.3, -0.25) is 14.9 Å². The number of phenols is 1. The predicted molar refractivity (Wildman–Crippen MR) is 89.0 cm³/mol. The highest BCUT2D eigenvalue weighted by Crippen LogP contribution is 2.31. The number of carbonyl (C=O) groups is 1. The molecule has 0 heterocycles. The van der Waals surface area contributed by atoms with Crippen LogP contribution in [0.2, 0.25) is 5.02 Å². The quantitative estimate of drug-likeness (QED) is 0.467. The lowest BCUT2D eigenvalue weighted by molar-refractivity contribution is -0.385. The van der Waals surface area contributed by atoms with Crippen LogP contribution in [0.1, 0.15) is 15.9 Å². The Labute approximate surface area is 143 Å². The molecule has 0 aliphatic heterocycles. The van der Waals surface area contributed by atoms with Crippen LogP contribution in [0.4, 0.5) is 5.69 Å². The maximum Gasteiger partial charge on any atom is 0.271 e. The van der Waals surface area contributed by atoms with Crippen LogP contribution >= 0.6 is 27.5 Å². The van der Waals surface area contributed by atoms with Gasteiger partial charge in [0.25, 0.3) is 11.6 Å². The zero-order valence-corrected chi connectivity index (χ0v) is 13.7. The zero-order valence-electron chi connectivity index (χ0n) is 11.4. The molecule has 9 heteroatoms. The van der Waals surface area contributed by atoms with Gasteiger partial charge in [-0.05, 0) is 40.2 Å². The number of hydrogen-bond donors (Lipinski definition) is 2. The second-order valence-corrected chi connectivity index (χ2v) is 5.62. The van der Waals surface area contributed by atoms with Crippen LogP contribution in [0.25, 0.3) is 0 Å². The fraction of sp³-hybridized carbons (Fsp3) is 0. The molecule has 0 radical (unpaired) electrons. The Morgan fingerprint density at radius 1 is 1.35 bits per heavy atom. The summed E-state index contributed by atoms with van der Waals surface area (Å²) in [5, 5.41) is 24.8. The van der Waals surface area contributed by atoms with Gasteiger partial charge in [-0.1, -0.05) is 11.6 Å². The number of hydrogen-bond acceptors (Lipinski definition) is 5. The van der Waals surface area contributed by atoms with Crippen molar-refractivity contribution in [2.45, 2.75) is 0 Å². The first kappa shape index (κ1) is 16.9. The molecule has 0 aliphatic rings. The van der Waals surface area contributed by atoms with E-state index in [1.165, 1.54) is 18.2 Å². The molecule has 0 fully saturated rings. The van der Waals surface area contributed by atoms with Gasteiger partial charge in [0.05, 0.1) is 15.6 Å². The molecule has 2 aromatic carbocycles. The van der Waals surface area contributed by atoms with Gasteiger partial charge in [0.2, 0.25) is 0 Å². The number of amides is 1. The minimum Gasteiger partial charge on any atom is -0.506 e. The molecule has 0 aromatic heterocycles. The van der Waals surface area contributed by atoms with Crippen molar-refractivity contribution >= 4 is 45.3 Å². The summed E-state index contributed by atoms with van der Waals surface area (Å²) in [4.78, 5) is 22.0. The summed E-state index contributed by atoms with van der Waals surface area (Å²) >= 11 is 8.74. The fourth-order valence-electron chi connectivity index (χ4n) is 1.64. The van der Waals surface area contributed by atoms with Crippen molar-refractivity contribution in [2.75, 3.05) is 0 Å². The third-order valence-electron chi connectivity index (χ3n) is 2.76. The summed E-state index contributed by atoms with van der Waals surface area (Å²) in [7, 11) is 0. The number of aromatic hydroxyl groups is 1. The molecule has 0 saturated carbocycles. The minimum atomic E-state index is -0.603. The summed E-state index contributed by atoms with van der Waals surface area (Å²) in [5.74, 6) is -0.706. The van der Waals surface area contributed by atoms with Gasteiger partial charge in [-0.15, -0.1) is 0 Å². The molecule has 2 aromatic rings. The van der Waals surface area contributed by atoms with E-state index in [1.807, 2.05) is 0 Å². The summed E-state index contributed by atoms with van der Waals surface area (Å²) < 4.78 is 0.150. The summed E-state index contributed by atoms with van der Waals surface area (Å²) in [6.45, 7) is 0. The topological polar surface area (TPSA) is 105 Å². The lowest BCUT2D eigenvalue weighted by Gasteiger charge is -2.03. The molecular weight excluding hydrogens is 390 g/mol. The monoisotopic (exact) mass is 397 g/mol. The third kappa shape index (κ3) is 4.27. The second-order valence-electron chi connectivity index (χ2n) is 4.33. The predicted octanol–water partition coefficient (Wildman–Crippen LogP) is 3.48. The lowest BCUT2D eigenvalue weighted by Crippen LogP contribution is -2.17. The van der Waals surface area contributed by atoms with Crippen molar-refractivity contribution in [1.82, 2.24) is 5.43 Å². The molecule has 2 N–H and O–H groups in total. The Balaban J connectivity index is 2.15. The van der Waals surface area contributed by atoms with Crippen molar-refractivity contribution in [1.29, 1.82) is 0 Å². The van der Waals surface area contributed by atoms with Crippen LogP contribution < -0.4 is 5.43 Å². The van der Waals surface area contributed by atoms with Crippen molar-refractivity contribution in [2.24, 2.45) is 5.10 Å². The standard InChI is InChI=1S/C14H9BrClN3O4/c15-12-6-11(19(22)23)5-9(13(12)20)7-17-18-14(21)8-1-3-10(16)4-2-8/h1-7,20H,(H,18,21). The van der Waals surface area contributed by atoms with E-state index in [0.717, 1.165) is 12.3 Å². The smallest absolute Gasteiger partial charge is 0.271 e. The van der Waals surface area contributed by atoms with E-state index in [4.69, 9.17) is 11.6 Å². The molecular formula is C14H9BrClN3O4. The summed E-state index contributed by atoms with van der Waals surface area (Å²) in [6, 6.07) is 8.47. The average Bonchev–Trinajstić information content (AvgIpc) is 2.51. The molecule has 2 rings (SSSR count). The number of non-ortho nitro benzene ring substituents is 1. The van der Waals surface area contributed by atoms with E-state index in [9.17, 15) is 20.0 Å². The number of hydrazone groups is 1. The zero-order chi connectivity index (χ0) is 17.0. The van der Waals surface area contributed by atoms with Crippen LogP contribution in [0, 0.1) is 10.1 Å². The molecule has 0 aliphatic carbocycles. The largest absolute Gasteiger partial charge is 0.506 e. The first-order valence-electron chi connectivity index (χ1n) is 6.14. The average molecular weight is 399 g/mol. The number of nitrogens with one attached hydrogen (secondary N) is 1. The van der Waals surface area contributed by atoms with Gasteiger partial charge < -0.3 is 5.11 Å². The molecule has 0 atom stereocenters. The third-order valence-corrected chi connectivity index (χ3v) is 3.62. The number of nitro groups is 1. The van der Waals surface area contributed by atoms with Gasteiger partial charge >= 0.3 is 0 Å². The van der Waals surface area contributed by atoms with Crippen LogP contribution in [-0.2, 0) is 0 Å². The SMILES string of the molecule is O=C(NN=Cc1cc([N+](=O)[O-])cc(Br)c1O)c1ccc(Cl)cc1. The highest BCUT2D eigenvalue weighted by molar-refractivity contribution is 9.10. The summed E-state index contributed by atoms with van der Waals surface area (Å²) in [6.07, 6.45) is 1.11. The van der Waals surface area contributed by atoms with Gasteiger partial charge in [-0.2, -0.15) is 5.10 Å². The van der Waals surface area contributed by atoms with Crippen LogP contribution in [-0.4, -0.2) is 22.2 Å². The molecule has 1 amide bonds. The van der Waals surface area contributed by atoms with E-state index < -0.39 is 10.8 Å². The number of nitrogens with zero attached hydrogens (tertiary/aromatic N) is 2. The van der Waals surface area contributed by atoms with Crippen molar-refractivity contribution in [3.63, 3.8) is 0 Å². The first-order chi connectivity index (χ1) is 10.9. The molecule has 0 saturated heterocycles. The van der Waals surface area contributed by atoms with Crippen LogP contribution in [0.3, 0.4) is 0 Å². The second kappa shape index (κ2) is 7.21. The van der Waals surface area contributed by atoms with E-state index >= 15 is 0 Å². The van der Waals surface area contributed by atoms with Crippen molar-refractivity contribution in [3.05, 3.63) is 67.1 Å². The van der Waals surface area contributed by atoms with E-state index in [-0.39, 0.29) is 21.5 Å². The van der Waals surface area contributed by atoms with Crippen molar-refractivity contribution < 1.29 is 14.8 Å². The Kier molecular flexibility index (Phi) is 5.30. The Morgan fingerprint density at radius 3 is 2.61 bits per heavy atom. The van der Waals surface area contributed by atoms with Crippen molar-refractivity contribution in [3.8, 4) is 5.75 Å². The van der Waals surface area contributed by atoms with Gasteiger partial charge in [0, 0.05) is 28.3 Å². The van der Waals surface area contributed by atoms with Gasteiger partial charge in [-0.25, -0.2) is 5.43 Å². The van der Waals surface area contributed by atoms with Gasteiger partial charge in [0.15, 0.2) is 0 Å². The van der Waals surface area contributed by atoms with Crippen LogP contribution in [0.5, 0.6) is 5.75 Å². The molecule has 0 spiro atoms. The molecule has 7 nitrogen and oxygen atoms in total. The maximum absolute atomic E-state index is 11.8. The Bertz CT molecular complexity index is 793. The molecule has 0 bridgehead atoms. The van der Waals surface area contributed by atoms with Gasteiger partial charge in [0.1, 0.15) is 5.75 Å². The lowest BCUT2D eigenvalue weighted by atomic mass is 10.2. The number of nitro benzene ring substituents is 1.